The largest absolute Gasteiger partial charge is 0.373 e. The Labute approximate surface area is 139 Å². The number of carbonyl (C=O) groups is 1. The van der Waals surface area contributed by atoms with Gasteiger partial charge in [0, 0.05) is 11.2 Å². The molecule has 0 bridgehead atoms. The molecule has 0 saturated heterocycles. The normalized spacial score (nSPS) is 11.8. The zero-order valence-corrected chi connectivity index (χ0v) is 13.7. The second-order valence-electron chi connectivity index (χ2n) is 4.80. The van der Waals surface area contributed by atoms with E-state index in [9.17, 15) is 4.79 Å². The third kappa shape index (κ3) is 4.58. The average molecular weight is 339 g/mol. The zero-order chi connectivity index (χ0) is 16.1. The highest BCUT2D eigenvalue weighted by Crippen LogP contribution is 2.25. The van der Waals surface area contributed by atoms with Crippen LogP contribution in [0.5, 0.6) is 0 Å². The van der Waals surface area contributed by atoms with E-state index in [1.54, 1.807) is 44.3 Å². The Hall–Kier alpha value is -1.85. The van der Waals surface area contributed by atoms with Gasteiger partial charge in [-0.2, -0.15) is 0 Å². The molecule has 0 aliphatic heterocycles. The van der Waals surface area contributed by atoms with Crippen molar-refractivity contribution < 1.29 is 4.79 Å². The van der Waals surface area contributed by atoms with Crippen LogP contribution in [0.4, 0.5) is 5.69 Å². The van der Waals surface area contributed by atoms with Gasteiger partial charge in [0.1, 0.15) is 11.9 Å². The van der Waals surface area contributed by atoms with Gasteiger partial charge in [0.25, 0.3) is 0 Å². The lowest BCUT2D eigenvalue weighted by Gasteiger charge is -2.16. The van der Waals surface area contributed by atoms with Gasteiger partial charge in [0.2, 0.25) is 5.91 Å². The van der Waals surface area contributed by atoms with Crippen LogP contribution in [-0.4, -0.2) is 21.9 Å². The van der Waals surface area contributed by atoms with Gasteiger partial charge in [-0.05, 0) is 38.1 Å². The lowest BCUT2D eigenvalue weighted by molar-refractivity contribution is -0.121. The molecule has 2 N–H and O–H groups in total. The molecule has 7 heteroatoms. The first-order chi connectivity index (χ1) is 10.5. The summed E-state index contributed by atoms with van der Waals surface area (Å²) in [6, 6.07) is 6.40. The van der Waals surface area contributed by atoms with E-state index >= 15 is 0 Å². The second kappa shape index (κ2) is 7.42. The summed E-state index contributed by atoms with van der Waals surface area (Å²) in [6.45, 7) is 3.91. The number of hydrogen-bond donors (Lipinski definition) is 2. The van der Waals surface area contributed by atoms with Crippen LogP contribution in [0.3, 0.4) is 0 Å². The van der Waals surface area contributed by atoms with Crippen LogP contribution in [0.15, 0.2) is 30.5 Å². The minimum Gasteiger partial charge on any atom is -0.373 e. The predicted octanol–water partition coefficient (Wildman–Crippen LogP) is 3.21. The minimum atomic E-state index is -0.443. The summed E-state index contributed by atoms with van der Waals surface area (Å²) >= 11 is 11.9. The van der Waals surface area contributed by atoms with Crippen LogP contribution in [0, 0.1) is 6.92 Å². The Morgan fingerprint density at radius 3 is 2.77 bits per heavy atom. The van der Waals surface area contributed by atoms with E-state index < -0.39 is 6.04 Å². The highest BCUT2D eigenvalue weighted by atomic mass is 35.5. The van der Waals surface area contributed by atoms with E-state index in [2.05, 4.69) is 20.6 Å². The molecule has 0 spiro atoms. The number of benzene rings is 1. The van der Waals surface area contributed by atoms with E-state index in [-0.39, 0.29) is 5.91 Å². The molecule has 0 aliphatic rings. The maximum Gasteiger partial charge on any atom is 0.242 e. The van der Waals surface area contributed by atoms with E-state index in [1.807, 2.05) is 0 Å². The van der Waals surface area contributed by atoms with Crippen molar-refractivity contribution >= 4 is 34.8 Å². The SMILES string of the molecule is Cc1nccc(CNC(=O)[C@H](C)Nc2ccc(Cl)cc2Cl)n1. The quantitative estimate of drug-likeness (QED) is 0.878. The van der Waals surface area contributed by atoms with Gasteiger partial charge < -0.3 is 10.6 Å². The number of hydrogen-bond acceptors (Lipinski definition) is 4. The van der Waals surface area contributed by atoms with Gasteiger partial charge in [0.05, 0.1) is 22.9 Å². The zero-order valence-electron chi connectivity index (χ0n) is 12.2. The third-order valence-electron chi connectivity index (χ3n) is 2.97. The van der Waals surface area contributed by atoms with Crippen LogP contribution < -0.4 is 10.6 Å². The topological polar surface area (TPSA) is 66.9 Å². The Kier molecular flexibility index (Phi) is 5.57. The van der Waals surface area contributed by atoms with Gasteiger partial charge in [0.15, 0.2) is 0 Å². The van der Waals surface area contributed by atoms with Crippen molar-refractivity contribution in [3.05, 3.63) is 52.0 Å². The van der Waals surface area contributed by atoms with Crippen LogP contribution in [0.1, 0.15) is 18.4 Å². The maximum absolute atomic E-state index is 12.1. The van der Waals surface area contributed by atoms with Crippen LogP contribution in [0.2, 0.25) is 10.0 Å². The number of nitrogens with one attached hydrogen (secondary N) is 2. The smallest absolute Gasteiger partial charge is 0.242 e. The van der Waals surface area contributed by atoms with Crippen LogP contribution >= 0.6 is 23.2 Å². The molecule has 116 valence electrons. The highest BCUT2D eigenvalue weighted by Gasteiger charge is 2.14. The van der Waals surface area contributed by atoms with Gasteiger partial charge >= 0.3 is 0 Å². The number of anilines is 1. The molecule has 1 heterocycles. The summed E-state index contributed by atoms with van der Waals surface area (Å²) in [5, 5.41) is 6.88. The molecular formula is C15H16Cl2N4O. The molecule has 2 rings (SSSR count). The number of aryl methyl sites for hydroxylation is 1. The van der Waals surface area contributed by atoms with E-state index in [0.717, 1.165) is 5.69 Å². The summed E-state index contributed by atoms with van der Waals surface area (Å²) in [6.07, 6.45) is 1.67. The van der Waals surface area contributed by atoms with E-state index in [4.69, 9.17) is 23.2 Å². The van der Waals surface area contributed by atoms with Gasteiger partial charge in [-0.3, -0.25) is 4.79 Å². The first-order valence-corrected chi connectivity index (χ1v) is 7.49. The molecule has 1 amide bonds. The fourth-order valence-corrected chi connectivity index (χ4v) is 2.30. The van der Waals surface area contributed by atoms with Gasteiger partial charge in [-0.25, -0.2) is 9.97 Å². The standard InChI is InChI=1S/C15H16Cl2N4O/c1-9(20-14-4-3-11(16)7-13(14)17)15(22)19-8-12-5-6-18-10(2)21-12/h3-7,9,20H,8H2,1-2H3,(H,19,22)/t9-/m0/s1. The number of carbonyl (C=O) groups excluding carboxylic acids is 1. The molecule has 1 aromatic heterocycles. The molecule has 5 nitrogen and oxygen atoms in total. The predicted molar refractivity (Wildman–Crippen MR) is 88.2 cm³/mol. The van der Waals surface area contributed by atoms with Gasteiger partial charge in [-0.15, -0.1) is 0 Å². The number of amides is 1. The molecule has 0 aliphatic carbocycles. The molecule has 0 saturated carbocycles. The van der Waals surface area contributed by atoms with Crippen molar-refractivity contribution in [1.82, 2.24) is 15.3 Å². The first kappa shape index (κ1) is 16.5. The monoisotopic (exact) mass is 338 g/mol. The lowest BCUT2D eigenvalue weighted by atomic mass is 10.2. The number of rotatable bonds is 5. The molecule has 1 aromatic carbocycles. The van der Waals surface area contributed by atoms with Gasteiger partial charge in [-0.1, -0.05) is 23.2 Å². The Morgan fingerprint density at radius 1 is 1.32 bits per heavy atom. The van der Waals surface area contributed by atoms with Crippen molar-refractivity contribution in [2.45, 2.75) is 26.4 Å². The summed E-state index contributed by atoms with van der Waals surface area (Å²) in [4.78, 5) is 20.3. The molecule has 0 fully saturated rings. The number of halogens is 2. The summed E-state index contributed by atoms with van der Waals surface area (Å²) in [5.41, 5.74) is 1.42. The summed E-state index contributed by atoms with van der Waals surface area (Å²) in [7, 11) is 0. The average Bonchev–Trinajstić information content (AvgIpc) is 2.47. The number of aromatic nitrogens is 2. The van der Waals surface area contributed by atoms with Crippen LogP contribution in [0.25, 0.3) is 0 Å². The molecular weight excluding hydrogens is 323 g/mol. The van der Waals surface area contributed by atoms with Crippen molar-refractivity contribution in [1.29, 1.82) is 0 Å². The maximum atomic E-state index is 12.1. The Balaban J connectivity index is 1.92. The first-order valence-electron chi connectivity index (χ1n) is 6.73. The highest BCUT2D eigenvalue weighted by molar-refractivity contribution is 6.36. The van der Waals surface area contributed by atoms with Crippen molar-refractivity contribution in [3.63, 3.8) is 0 Å². The van der Waals surface area contributed by atoms with Crippen molar-refractivity contribution in [3.8, 4) is 0 Å². The Morgan fingerprint density at radius 2 is 2.09 bits per heavy atom. The molecule has 22 heavy (non-hydrogen) atoms. The van der Waals surface area contributed by atoms with Crippen molar-refractivity contribution in [2.24, 2.45) is 0 Å². The molecule has 2 aromatic rings. The summed E-state index contributed by atoms with van der Waals surface area (Å²) < 4.78 is 0. The summed E-state index contributed by atoms with van der Waals surface area (Å²) in [5.74, 6) is 0.521. The lowest BCUT2D eigenvalue weighted by Crippen LogP contribution is -2.37. The fourth-order valence-electron chi connectivity index (χ4n) is 1.84. The molecule has 0 radical (unpaired) electrons. The number of nitrogens with zero attached hydrogens (tertiary/aromatic N) is 2. The van der Waals surface area contributed by atoms with E-state index in [1.165, 1.54) is 0 Å². The minimum absolute atomic E-state index is 0.151. The molecule has 1 atom stereocenters. The Bertz CT molecular complexity index is 678. The second-order valence-corrected chi connectivity index (χ2v) is 5.65. The molecule has 0 unspecified atom stereocenters. The van der Waals surface area contributed by atoms with Crippen LogP contribution in [-0.2, 0) is 11.3 Å². The third-order valence-corrected chi connectivity index (χ3v) is 3.52. The fraction of sp³-hybridized carbons (Fsp3) is 0.267. The van der Waals surface area contributed by atoms with Crippen molar-refractivity contribution in [2.75, 3.05) is 5.32 Å². The van der Waals surface area contributed by atoms with E-state index in [0.29, 0.717) is 28.1 Å².